The number of rotatable bonds is 1. The number of hydrogen-bond donors (Lipinski definition) is 0. The Kier molecular flexibility index (Phi) is 4.41. The van der Waals surface area contributed by atoms with Crippen LogP contribution in [-0.4, -0.2) is 40.2 Å². The molecule has 20 heavy (non-hydrogen) atoms. The highest BCUT2D eigenvalue weighted by atomic mass is 127. The third-order valence-corrected chi connectivity index (χ3v) is 3.58. The van der Waals surface area contributed by atoms with Gasteiger partial charge in [-0.05, 0) is 62.3 Å². The van der Waals surface area contributed by atoms with E-state index < -0.39 is 11.7 Å². The molecule has 0 atom stereocenters. The lowest BCUT2D eigenvalue weighted by atomic mass is 10.2. The normalized spacial score (nSPS) is 15.5. The van der Waals surface area contributed by atoms with E-state index in [0.717, 1.165) is 29.5 Å². The van der Waals surface area contributed by atoms with Crippen LogP contribution in [-0.2, 0) is 4.74 Å². The number of ether oxygens (including phenoxy) is 1. The summed E-state index contributed by atoms with van der Waals surface area (Å²) in [7, 11) is 0. The van der Waals surface area contributed by atoms with Crippen LogP contribution in [0.4, 0.5) is 4.79 Å². The Hall–Kier alpha value is -1.05. The van der Waals surface area contributed by atoms with Crippen molar-refractivity contribution in [1.82, 2.24) is 9.47 Å². The standard InChI is InChI=1S/C14H19IN2O3/c1-14(2,3)20-13(19)17-9-10(15)8-11(17)12(18)16-6-4-5-7-16/h8-9H,4-7H2,1-3H3. The van der Waals surface area contributed by atoms with E-state index in [1.165, 1.54) is 4.57 Å². The van der Waals surface area contributed by atoms with E-state index in [1.54, 1.807) is 37.9 Å². The highest BCUT2D eigenvalue weighted by Gasteiger charge is 2.27. The smallest absolute Gasteiger partial charge is 0.419 e. The first-order valence-corrected chi connectivity index (χ1v) is 7.76. The topological polar surface area (TPSA) is 51.5 Å². The van der Waals surface area contributed by atoms with Crippen LogP contribution in [0, 0.1) is 3.57 Å². The molecule has 0 radical (unpaired) electrons. The summed E-state index contributed by atoms with van der Waals surface area (Å²) in [6.07, 6.45) is 3.17. The van der Waals surface area contributed by atoms with E-state index in [4.69, 9.17) is 4.74 Å². The number of nitrogens with zero attached hydrogens (tertiary/aromatic N) is 2. The first-order valence-electron chi connectivity index (χ1n) is 6.68. The first kappa shape index (κ1) is 15.3. The van der Waals surface area contributed by atoms with Gasteiger partial charge in [0.05, 0.1) is 0 Å². The number of carbonyl (C=O) groups excluding carboxylic acids is 2. The van der Waals surface area contributed by atoms with Gasteiger partial charge in [-0.2, -0.15) is 0 Å². The van der Waals surface area contributed by atoms with Gasteiger partial charge >= 0.3 is 6.09 Å². The summed E-state index contributed by atoms with van der Waals surface area (Å²) < 4.78 is 7.50. The third kappa shape index (κ3) is 3.53. The molecule has 0 bridgehead atoms. The van der Waals surface area contributed by atoms with Crippen LogP contribution in [0.1, 0.15) is 44.1 Å². The molecular formula is C14H19IN2O3. The quantitative estimate of drug-likeness (QED) is 0.693. The average molecular weight is 390 g/mol. The largest absolute Gasteiger partial charge is 0.443 e. The third-order valence-electron chi connectivity index (χ3n) is 2.99. The zero-order valence-electron chi connectivity index (χ0n) is 12.0. The molecule has 2 heterocycles. The van der Waals surface area contributed by atoms with Gasteiger partial charge in [0.25, 0.3) is 5.91 Å². The first-order chi connectivity index (χ1) is 9.28. The maximum absolute atomic E-state index is 12.4. The van der Waals surface area contributed by atoms with Crippen molar-refractivity contribution in [3.8, 4) is 0 Å². The molecule has 6 heteroatoms. The van der Waals surface area contributed by atoms with Crippen molar-refractivity contribution in [2.24, 2.45) is 0 Å². The van der Waals surface area contributed by atoms with Crippen molar-refractivity contribution in [3.05, 3.63) is 21.5 Å². The highest BCUT2D eigenvalue weighted by Crippen LogP contribution is 2.19. The number of aromatic nitrogens is 1. The molecule has 1 aromatic rings. The molecule has 1 fully saturated rings. The van der Waals surface area contributed by atoms with Crippen molar-refractivity contribution in [2.75, 3.05) is 13.1 Å². The van der Waals surface area contributed by atoms with E-state index in [-0.39, 0.29) is 5.91 Å². The summed E-state index contributed by atoms with van der Waals surface area (Å²) >= 11 is 2.09. The minimum absolute atomic E-state index is 0.101. The number of halogens is 1. The van der Waals surface area contributed by atoms with Crippen LogP contribution < -0.4 is 0 Å². The summed E-state index contributed by atoms with van der Waals surface area (Å²) in [5.74, 6) is -0.101. The van der Waals surface area contributed by atoms with Crippen LogP contribution in [0.3, 0.4) is 0 Å². The van der Waals surface area contributed by atoms with E-state index in [9.17, 15) is 9.59 Å². The van der Waals surface area contributed by atoms with Gasteiger partial charge in [0, 0.05) is 22.9 Å². The molecule has 1 saturated heterocycles. The summed E-state index contributed by atoms with van der Waals surface area (Å²) in [4.78, 5) is 26.4. The van der Waals surface area contributed by atoms with Gasteiger partial charge in [0.1, 0.15) is 11.3 Å². The van der Waals surface area contributed by atoms with Crippen molar-refractivity contribution < 1.29 is 14.3 Å². The lowest BCUT2D eigenvalue weighted by Crippen LogP contribution is -2.33. The van der Waals surface area contributed by atoms with Gasteiger partial charge in [-0.25, -0.2) is 9.36 Å². The summed E-state index contributed by atoms with van der Waals surface area (Å²) in [5.41, 5.74) is -0.202. The molecule has 5 nitrogen and oxygen atoms in total. The lowest BCUT2D eigenvalue weighted by molar-refractivity contribution is 0.0518. The van der Waals surface area contributed by atoms with Gasteiger partial charge in [0.2, 0.25) is 0 Å². The fourth-order valence-corrected chi connectivity index (χ4v) is 2.71. The highest BCUT2D eigenvalue weighted by molar-refractivity contribution is 14.1. The second-order valence-electron chi connectivity index (χ2n) is 5.89. The maximum Gasteiger partial charge on any atom is 0.419 e. The molecule has 0 aromatic carbocycles. The van der Waals surface area contributed by atoms with Gasteiger partial charge in [-0.3, -0.25) is 4.79 Å². The zero-order valence-corrected chi connectivity index (χ0v) is 14.1. The second kappa shape index (κ2) is 5.75. The molecule has 1 aliphatic heterocycles. The summed E-state index contributed by atoms with van der Waals surface area (Å²) in [6, 6.07) is 1.73. The Morgan fingerprint density at radius 2 is 1.85 bits per heavy atom. The van der Waals surface area contributed by atoms with Gasteiger partial charge in [-0.15, -0.1) is 0 Å². The zero-order chi connectivity index (χ0) is 14.9. The lowest BCUT2D eigenvalue weighted by Gasteiger charge is -2.21. The molecule has 0 spiro atoms. The summed E-state index contributed by atoms with van der Waals surface area (Å²) in [5, 5.41) is 0. The molecule has 2 rings (SSSR count). The number of hydrogen-bond acceptors (Lipinski definition) is 3. The van der Waals surface area contributed by atoms with Gasteiger partial charge in [0.15, 0.2) is 0 Å². The Morgan fingerprint density at radius 1 is 1.25 bits per heavy atom. The fraction of sp³-hybridized carbons (Fsp3) is 0.571. The molecule has 1 amide bonds. The monoisotopic (exact) mass is 390 g/mol. The predicted molar refractivity (Wildman–Crippen MR) is 83.9 cm³/mol. The van der Waals surface area contributed by atoms with Gasteiger partial charge in [-0.1, -0.05) is 0 Å². The van der Waals surface area contributed by atoms with Crippen LogP contribution >= 0.6 is 22.6 Å². The molecule has 0 N–H and O–H groups in total. The molecule has 1 aromatic heterocycles. The molecular weight excluding hydrogens is 371 g/mol. The molecule has 0 aliphatic carbocycles. The minimum Gasteiger partial charge on any atom is -0.443 e. The number of likely N-dealkylation sites (tertiary alicyclic amines) is 1. The van der Waals surface area contributed by atoms with Crippen molar-refractivity contribution in [1.29, 1.82) is 0 Å². The van der Waals surface area contributed by atoms with E-state index in [0.29, 0.717) is 5.69 Å². The number of carbonyl (C=O) groups is 2. The van der Waals surface area contributed by atoms with Crippen molar-refractivity contribution in [3.63, 3.8) is 0 Å². The Morgan fingerprint density at radius 3 is 2.40 bits per heavy atom. The Labute approximate surface area is 132 Å². The van der Waals surface area contributed by atoms with Crippen LogP contribution in [0.5, 0.6) is 0 Å². The predicted octanol–water partition coefficient (Wildman–Crippen LogP) is 3.11. The van der Waals surface area contributed by atoms with E-state index in [2.05, 4.69) is 22.6 Å². The molecule has 0 unspecified atom stereocenters. The van der Waals surface area contributed by atoms with Crippen molar-refractivity contribution in [2.45, 2.75) is 39.2 Å². The maximum atomic E-state index is 12.4. The Bertz CT molecular complexity index is 525. The SMILES string of the molecule is CC(C)(C)OC(=O)n1cc(I)cc1C(=O)N1CCCC1. The molecule has 110 valence electrons. The van der Waals surface area contributed by atoms with Crippen LogP contribution in [0.15, 0.2) is 12.3 Å². The summed E-state index contributed by atoms with van der Waals surface area (Å²) in [6.45, 7) is 6.94. The number of amides is 1. The second-order valence-corrected chi connectivity index (χ2v) is 7.14. The van der Waals surface area contributed by atoms with E-state index in [1.807, 2.05) is 0 Å². The van der Waals surface area contributed by atoms with Crippen LogP contribution in [0.25, 0.3) is 0 Å². The van der Waals surface area contributed by atoms with Crippen molar-refractivity contribution >= 4 is 34.6 Å². The molecule has 1 aliphatic rings. The molecule has 0 saturated carbocycles. The van der Waals surface area contributed by atoms with Gasteiger partial charge < -0.3 is 9.64 Å². The minimum atomic E-state index is -0.583. The van der Waals surface area contributed by atoms with E-state index >= 15 is 0 Å². The average Bonchev–Trinajstić information content (AvgIpc) is 2.94. The Balaban J connectivity index is 2.25. The fourth-order valence-electron chi connectivity index (χ4n) is 2.14. The van der Waals surface area contributed by atoms with Crippen LogP contribution in [0.2, 0.25) is 0 Å².